The summed E-state index contributed by atoms with van der Waals surface area (Å²) in [5.41, 5.74) is 2.82. The van der Waals surface area contributed by atoms with Gasteiger partial charge < -0.3 is 15.5 Å². The van der Waals surface area contributed by atoms with Crippen molar-refractivity contribution in [3.63, 3.8) is 0 Å². The van der Waals surface area contributed by atoms with Gasteiger partial charge in [-0.3, -0.25) is 9.69 Å². The Bertz CT molecular complexity index is 733. The summed E-state index contributed by atoms with van der Waals surface area (Å²) in [5.74, 6) is 0.151. The van der Waals surface area contributed by atoms with Gasteiger partial charge in [-0.25, -0.2) is 0 Å². The van der Waals surface area contributed by atoms with Crippen molar-refractivity contribution in [1.82, 2.24) is 10.2 Å². The maximum absolute atomic E-state index is 12.5. The Morgan fingerprint density at radius 2 is 2.04 bits per heavy atom. The summed E-state index contributed by atoms with van der Waals surface area (Å²) < 4.78 is 0. The number of aliphatic hydroxyl groups excluding tert-OH is 1. The molecule has 0 bridgehead atoms. The zero-order chi connectivity index (χ0) is 17.8. The highest BCUT2D eigenvalue weighted by Crippen LogP contribution is 2.27. The van der Waals surface area contributed by atoms with E-state index in [1.165, 1.54) is 0 Å². The second kappa shape index (κ2) is 7.68. The molecule has 25 heavy (non-hydrogen) atoms. The molecule has 5 heteroatoms. The van der Waals surface area contributed by atoms with E-state index in [0.717, 1.165) is 16.7 Å². The molecule has 3 N–H and O–H groups in total. The van der Waals surface area contributed by atoms with Crippen molar-refractivity contribution >= 4 is 5.91 Å². The molecule has 1 amide bonds. The van der Waals surface area contributed by atoms with Gasteiger partial charge in [-0.05, 0) is 42.2 Å². The van der Waals surface area contributed by atoms with Crippen LogP contribution in [0.4, 0.5) is 0 Å². The Morgan fingerprint density at radius 1 is 1.28 bits per heavy atom. The lowest BCUT2D eigenvalue weighted by atomic mass is 10.0. The summed E-state index contributed by atoms with van der Waals surface area (Å²) in [5, 5.41) is 23.1. The van der Waals surface area contributed by atoms with Crippen molar-refractivity contribution in [2.45, 2.75) is 32.0 Å². The summed E-state index contributed by atoms with van der Waals surface area (Å²) in [6.07, 6.45) is 0.0272. The van der Waals surface area contributed by atoms with E-state index < -0.39 is 6.10 Å². The van der Waals surface area contributed by atoms with Gasteiger partial charge in [-0.15, -0.1) is 0 Å². The highest BCUT2D eigenvalue weighted by molar-refractivity contribution is 5.81. The Balaban J connectivity index is 1.62. The van der Waals surface area contributed by atoms with E-state index in [0.29, 0.717) is 26.1 Å². The van der Waals surface area contributed by atoms with Crippen molar-refractivity contribution < 1.29 is 15.0 Å². The van der Waals surface area contributed by atoms with Gasteiger partial charge >= 0.3 is 0 Å². The predicted octanol–water partition coefficient (Wildman–Crippen LogP) is 1.99. The van der Waals surface area contributed by atoms with Crippen molar-refractivity contribution in [3.05, 3.63) is 65.2 Å². The lowest BCUT2D eigenvalue weighted by Gasteiger charge is -2.28. The molecule has 5 nitrogen and oxygen atoms in total. The Kier molecular flexibility index (Phi) is 5.36. The average molecular weight is 340 g/mol. The SMILES string of the molecule is CC(C(=O)NCc1ccccc1)N1CCc2cc(O)ccc2C(O)C1. The number of carbonyl (C=O) groups is 1. The summed E-state index contributed by atoms with van der Waals surface area (Å²) in [4.78, 5) is 14.5. The summed E-state index contributed by atoms with van der Waals surface area (Å²) in [6, 6.07) is 14.5. The first-order chi connectivity index (χ1) is 12.0. The molecule has 0 radical (unpaired) electrons. The predicted molar refractivity (Wildman–Crippen MR) is 96.1 cm³/mol. The van der Waals surface area contributed by atoms with Crippen molar-refractivity contribution in [3.8, 4) is 5.75 Å². The number of phenolic OH excluding ortho intramolecular Hbond substituents is 1. The summed E-state index contributed by atoms with van der Waals surface area (Å²) in [6.45, 7) is 3.42. The number of β-amino-alcohol motifs (C(OH)–C–C–N with tert-alkyl or cyclic N) is 1. The number of carbonyl (C=O) groups excluding carboxylic acids is 1. The number of rotatable bonds is 4. The topological polar surface area (TPSA) is 72.8 Å². The van der Waals surface area contributed by atoms with Crippen LogP contribution in [-0.2, 0) is 17.8 Å². The second-order valence-electron chi connectivity index (χ2n) is 6.52. The highest BCUT2D eigenvalue weighted by Gasteiger charge is 2.27. The zero-order valence-electron chi connectivity index (χ0n) is 14.4. The molecule has 132 valence electrons. The van der Waals surface area contributed by atoms with Crippen molar-refractivity contribution in [2.24, 2.45) is 0 Å². The number of aliphatic hydroxyl groups is 1. The third-order valence-corrected chi connectivity index (χ3v) is 4.80. The minimum atomic E-state index is -0.664. The lowest BCUT2D eigenvalue weighted by Crippen LogP contribution is -2.46. The van der Waals surface area contributed by atoms with Crippen LogP contribution < -0.4 is 5.32 Å². The van der Waals surface area contributed by atoms with Gasteiger partial charge in [0.2, 0.25) is 5.91 Å². The van der Waals surface area contributed by atoms with E-state index in [2.05, 4.69) is 5.32 Å². The minimum absolute atomic E-state index is 0.0511. The van der Waals surface area contributed by atoms with Crippen molar-refractivity contribution in [2.75, 3.05) is 13.1 Å². The molecule has 1 aliphatic heterocycles. The Morgan fingerprint density at radius 3 is 2.80 bits per heavy atom. The maximum Gasteiger partial charge on any atom is 0.237 e. The molecule has 3 rings (SSSR count). The van der Waals surface area contributed by atoms with Crippen LogP contribution >= 0.6 is 0 Å². The van der Waals surface area contributed by atoms with Crippen LogP contribution in [-0.4, -0.2) is 40.2 Å². The number of aromatic hydroxyl groups is 1. The maximum atomic E-state index is 12.5. The van der Waals surface area contributed by atoms with E-state index in [9.17, 15) is 15.0 Å². The van der Waals surface area contributed by atoms with Crippen molar-refractivity contribution in [1.29, 1.82) is 0 Å². The summed E-state index contributed by atoms with van der Waals surface area (Å²) >= 11 is 0. The van der Waals surface area contributed by atoms with Crippen LogP contribution in [0.25, 0.3) is 0 Å². The monoisotopic (exact) mass is 340 g/mol. The number of hydrogen-bond donors (Lipinski definition) is 3. The molecule has 2 aromatic carbocycles. The van der Waals surface area contributed by atoms with Gasteiger partial charge in [-0.2, -0.15) is 0 Å². The molecule has 0 spiro atoms. The smallest absolute Gasteiger partial charge is 0.237 e. The molecule has 2 aromatic rings. The first kappa shape index (κ1) is 17.5. The van der Waals surface area contributed by atoms with Crippen LogP contribution in [0.15, 0.2) is 48.5 Å². The molecule has 0 aliphatic carbocycles. The molecule has 2 unspecified atom stereocenters. The van der Waals surface area contributed by atoms with Gasteiger partial charge in [0.1, 0.15) is 5.75 Å². The third kappa shape index (κ3) is 4.18. The number of nitrogens with zero attached hydrogens (tertiary/aromatic N) is 1. The standard InChI is InChI=1S/C20H24N2O3/c1-14(20(25)21-12-15-5-3-2-4-6-15)22-10-9-16-11-17(23)7-8-18(16)19(24)13-22/h2-8,11,14,19,23-24H,9-10,12-13H2,1H3,(H,21,25). The number of amides is 1. The van der Waals surface area contributed by atoms with Crippen LogP contribution in [0.5, 0.6) is 5.75 Å². The summed E-state index contributed by atoms with van der Waals surface area (Å²) in [7, 11) is 0. The highest BCUT2D eigenvalue weighted by atomic mass is 16.3. The van der Waals surface area contributed by atoms with E-state index in [1.54, 1.807) is 18.2 Å². The van der Waals surface area contributed by atoms with Gasteiger partial charge in [0.15, 0.2) is 0 Å². The fourth-order valence-corrected chi connectivity index (χ4v) is 3.26. The Labute approximate surface area is 147 Å². The van der Waals surface area contributed by atoms with Crippen LogP contribution in [0.2, 0.25) is 0 Å². The first-order valence-corrected chi connectivity index (χ1v) is 8.60. The number of nitrogens with one attached hydrogen (secondary N) is 1. The largest absolute Gasteiger partial charge is 0.508 e. The van der Waals surface area contributed by atoms with Crippen LogP contribution in [0.1, 0.15) is 29.7 Å². The number of fused-ring (bicyclic) bond motifs is 1. The van der Waals surface area contributed by atoms with Gasteiger partial charge in [0.05, 0.1) is 12.1 Å². The van der Waals surface area contributed by atoms with Gasteiger partial charge in [0, 0.05) is 19.6 Å². The Hall–Kier alpha value is -2.37. The van der Waals surface area contributed by atoms with E-state index in [-0.39, 0.29) is 17.7 Å². The molecular formula is C20H24N2O3. The normalized spacial score (nSPS) is 18.9. The fourth-order valence-electron chi connectivity index (χ4n) is 3.26. The second-order valence-corrected chi connectivity index (χ2v) is 6.52. The third-order valence-electron chi connectivity index (χ3n) is 4.80. The molecule has 1 aliphatic rings. The lowest BCUT2D eigenvalue weighted by molar-refractivity contribution is -0.126. The molecule has 0 aromatic heterocycles. The number of benzene rings is 2. The molecule has 2 atom stereocenters. The molecule has 1 heterocycles. The minimum Gasteiger partial charge on any atom is -0.508 e. The van der Waals surface area contributed by atoms with Crippen LogP contribution in [0.3, 0.4) is 0 Å². The first-order valence-electron chi connectivity index (χ1n) is 8.60. The van der Waals surface area contributed by atoms with Gasteiger partial charge in [0.25, 0.3) is 0 Å². The van der Waals surface area contributed by atoms with E-state index in [4.69, 9.17) is 0 Å². The fraction of sp³-hybridized carbons (Fsp3) is 0.350. The molecule has 0 saturated carbocycles. The molecule has 0 saturated heterocycles. The van der Waals surface area contributed by atoms with Gasteiger partial charge in [-0.1, -0.05) is 36.4 Å². The van der Waals surface area contributed by atoms with E-state index in [1.807, 2.05) is 42.2 Å². The van der Waals surface area contributed by atoms with E-state index >= 15 is 0 Å². The number of phenols is 1. The number of hydrogen-bond acceptors (Lipinski definition) is 4. The average Bonchev–Trinajstić information content (AvgIpc) is 2.78. The zero-order valence-corrected chi connectivity index (χ0v) is 14.4. The molecular weight excluding hydrogens is 316 g/mol. The van der Waals surface area contributed by atoms with Crippen LogP contribution in [0, 0.1) is 0 Å². The molecule has 0 fully saturated rings. The quantitative estimate of drug-likeness (QED) is 0.796.